The summed E-state index contributed by atoms with van der Waals surface area (Å²) in [5.41, 5.74) is 2.25. The number of aliphatic carboxylic acids is 1. The van der Waals surface area contributed by atoms with Gasteiger partial charge in [-0.1, -0.05) is 107 Å². The van der Waals surface area contributed by atoms with Gasteiger partial charge in [0.05, 0.1) is 30.9 Å². The smallest absolute Gasteiger partial charge is 0.308 e. The average molecular weight is 1480 g/mol. The van der Waals surface area contributed by atoms with E-state index < -0.39 is 180 Å². The van der Waals surface area contributed by atoms with Gasteiger partial charge in [-0.05, 0) is 111 Å². The predicted molar refractivity (Wildman–Crippen MR) is 408 cm³/mol. The molecule has 107 heavy (non-hydrogen) atoms. The molecule has 33 nitrogen and oxygen atoms in total. The Morgan fingerprint density at radius 3 is 1.94 bits per heavy atom. The van der Waals surface area contributed by atoms with Gasteiger partial charge < -0.3 is 96.3 Å². The zero-order valence-electron chi connectivity index (χ0n) is 60.4. The third-order valence-corrected chi connectivity index (χ3v) is 17.5. The highest BCUT2D eigenvalue weighted by Gasteiger charge is 2.42. The van der Waals surface area contributed by atoms with Crippen LogP contribution in [0.15, 0.2) is 170 Å². The van der Waals surface area contributed by atoms with Crippen LogP contribution in [0.1, 0.15) is 115 Å². The Kier molecular flexibility index (Phi) is 29.9. The van der Waals surface area contributed by atoms with Gasteiger partial charge in [0.1, 0.15) is 54.7 Å². The Morgan fingerprint density at radius 1 is 0.654 bits per heavy atom. The number of para-hydroxylation sites is 1. The number of ether oxygens (including phenoxy) is 1. The Labute approximate surface area is 616 Å². The molecule has 7 rings (SSSR count). The number of carbonyl (C=O) groups excluding carboxylic acids is 1. The minimum Gasteiger partial charge on any atom is -0.497 e. The van der Waals surface area contributed by atoms with Gasteiger partial charge in [-0.15, -0.1) is 0 Å². The number of aliphatic hydroxyl groups is 15. The number of hydrogen-bond acceptors (Lipinski definition) is 19. The van der Waals surface area contributed by atoms with E-state index >= 15 is 4.79 Å². The number of methoxy groups -OCH3 is 1. The summed E-state index contributed by atoms with van der Waals surface area (Å²) in [6.07, 6.45) is 0.743. The molecule has 1 fully saturated rings. The lowest BCUT2D eigenvalue weighted by Gasteiger charge is -2.29. The summed E-state index contributed by atoms with van der Waals surface area (Å²) >= 11 is 0. The van der Waals surface area contributed by atoms with E-state index in [-0.39, 0.29) is 49.3 Å². The number of H-pyrrole nitrogens is 1. The Bertz CT molecular complexity index is 4280. The van der Waals surface area contributed by atoms with E-state index in [1.165, 1.54) is 83.5 Å². The predicted octanol–water partition coefficient (Wildman–Crippen LogP) is 8.31. The standard InChI is InChI=1S/C74H94N14O19/c1-10-18-42-21-16-31-75-48(42)29-30-53(89)82-56-40(7)78-69(100)57(60(91)38(4)5)85-64(95)50(33-37(2)3)81-71(102)72(103)87-65(96)51(34-45-35-76-49-23-15-14-22-47(45)49)80-70(101)58(61(92)44-25-27-46(107-9)28-26-44)86-66(97)52-24-17-32-88(52)73(104)59(62(93)43-19-12-11-13-20-43)83-54(90)36-77-67(98)55(39(6)74(105)106)84-63(94)41(8)79-68(56)99/h10-16,18-23,25-31,35,37-41,50-52,55-62,72,76,91-93,103H,17,24,32-34,36H2,1-9H3,(H,77,98)(H,78,100)(H,79,99)(H,80,101)(H,81,102)(H,82,89)(H,83,90)(H,84,94)(H,85,95)(H,86,97)(H,87,96)(H,105,106)/b18-10-,30-29+/t39?,40-,41+,50-,51-,52+,55+,56+,57-,58+,59+,60+,61+,62+,72+/m1/s1. The molecule has 2 aromatic heterocycles. The summed E-state index contributed by atoms with van der Waals surface area (Å²) in [4.78, 5) is 82.1. The topological polar surface area (TPSA) is 535 Å². The van der Waals surface area contributed by atoms with Crippen LogP contribution in [-0.2, 0) is 16.0 Å². The highest BCUT2D eigenvalue weighted by Crippen LogP contribution is 2.30. The van der Waals surface area contributed by atoms with Gasteiger partial charge >= 0.3 is 5.97 Å². The largest absolute Gasteiger partial charge is 0.497 e. The summed E-state index contributed by atoms with van der Waals surface area (Å²) in [7, 11) is 1.40. The zero-order chi connectivity index (χ0) is 78.5. The second-order valence-electron chi connectivity index (χ2n) is 26.3. The molecule has 33 heteroatoms. The van der Waals surface area contributed by atoms with Gasteiger partial charge in [-0.3, -0.25) is 14.6 Å². The molecule has 1 saturated heterocycles. The van der Waals surface area contributed by atoms with Gasteiger partial charge in [0.15, 0.2) is 24.2 Å². The minimum atomic E-state index is -2.48. The molecule has 0 bridgehead atoms. The Hall–Kier alpha value is -11.4. The number of nitrogens with one attached hydrogen (secondary N) is 1. The van der Waals surface area contributed by atoms with Crippen LogP contribution in [0.2, 0.25) is 0 Å². The average Bonchev–Trinajstić information content (AvgIpc) is 1.63. The maximum Gasteiger partial charge on any atom is 0.308 e. The number of hydrogen-bond donors (Lipinski definition) is 17. The summed E-state index contributed by atoms with van der Waals surface area (Å²) in [5, 5.41) is 189. The number of carboxylic acid groups (broad SMARTS) is 1. The molecule has 15 atom stereocenters. The van der Waals surface area contributed by atoms with Crippen molar-refractivity contribution < 1.29 is 96.0 Å². The van der Waals surface area contributed by atoms with Crippen molar-refractivity contribution in [2.24, 2.45) is 72.7 Å². The number of rotatable bonds is 17. The van der Waals surface area contributed by atoms with Crippen molar-refractivity contribution in [3.8, 4) is 5.75 Å². The lowest BCUT2D eigenvalue weighted by atomic mass is 9.99. The number of pyridine rings is 1. The summed E-state index contributed by atoms with van der Waals surface area (Å²) in [6, 6.07) is 6.04. The van der Waals surface area contributed by atoms with E-state index in [9.17, 15) is 86.5 Å². The highest BCUT2D eigenvalue weighted by atomic mass is 16.5. The number of benzene rings is 3. The normalized spacial score (nSPS) is 25.0. The van der Waals surface area contributed by atoms with Crippen molar-refractivity contribution in [1.82, 2.24) is 14.9 Å². The van der Waals surface area contributed by atoms with Crippen molar-refractivity contribution in [3.63, 3.8) is 0 Å². The van der Waals surface area contributed by atoms with Crippen LogP contribution < -0.4 is 4.74 Å². The first kappa shape index (κ1) is 82.9. The van der Waals surface area contributed by atoms with E-state index in [0.717, 1.165) is 17.9 Å². The van der Waals surface area contributed by atoms with Crippen LogP contribution >= 0.6 is 0 Å². The molecule has 3 aromatic carbocycles. The molecule has 0 aliphatic carbocycles. The van der Waals surface area contributed by atoms with Crippen molar-refractivity contribution in [2.45, 2.75) is 166 Å². The second kappa shape index (κ2) is 38.5. The van der Waals surface area contributed by atoms with Gasteiger partial charge in [0.2, 0.25) is 71.1 Å². The van der Waals surface area contributed by atoms with Crippen LogP contribution in [0.25, 0.3) is 23.1 Å². The van der Waals surface area contributed by atoms with Crippen LogP contribution in [-0.4, -0.2) is 266 Å². The van der Waals surface area contributed by atoms with Crippen LogP contribution in [0.5, 0.6) is 5.75 Å². The summed E-state index contributed by atoms with van der Waals surface area (Å²) < 4.78 is 5.32. The summed E-state index contributed by atoms with van der Waals surface area (Å²) in [6.45, 7) is 10.6. The molecule has 2 aliphatic rings. The van der Waals surface area contributed by atoms with E-state index in [4.69, 9.17) is 4.74 Å². The number of carboxylic acids is 1. The van der Waals surface area contributed by atoms with Gasteiger partial charge in [-0.2, -0.15) is 0 Å². The number of amides is 1. The molecule has 5 aromatic rings. The first-order valence-corrected chi connectivity index (χ1v) is 34.5. The van der Waals surface area contributed by atoms with Gasteiger partial charge in [0, 0.05) is 42.3 Å². The molecule has 4 heterocycles. The van der Waals surface area contributed by atoms with Crippen LogP contribution in [0.4, 0.5) is 0 Å². The Morgan fingerprint density at radius 2 is 1.28 bits per heavy atom. The SMILES string of the molecule is C/C=C\c1cccnc1/C=C/C(O)=N[C@@H]1C(O)=N[C@@H](C)C(O)=N[C@@H](C(C)C(=O)O)C(O)=NCC(O)=N[C@@H]([C@@H](O)c2ccccc2)C(=O)N2CCC[C@H]2C(O)=N[C@@H]([C@@H](O)c2ccc(OC)cc2)C(O)=N[C@H](Cc2c[nH]c3ccccc23)C(O)=N[C@@H](O)C(O)=N[C@H](CC(C)C)C(O)=N[C@H]([C@@H](O)C(C)C)C(O)=N[C@@H]1C. The van der Waals surface area contributed by atoms with E-state index in [0.29, 0.717) is 33.5 Å². The number of aromatic amines is 1. The number of aliphatic hydroxyl groups excluding tert-OH is 15. The third-order valence-electron chi connectivity index (χ3n) is 17.5. The van der Waals surface area contributed by atoms with Crippen molar-refractivity contribution in [1.29, 1.82) is 0 Å². The fourth-order valence-electron chi connectivity index (χ4n) is 11.5. The van der Waals surface area contributed by atoms with Crippen LogP contribution in [0.3, 0.4) is 0 Å². The number of aromatic nitrogens is 2. The molecule has 0 spiro atoms. The highest BCUT2D eigenvalue weighted by molar-refractivity contribution is 5.98. The Balaban J connectivity index is 1.46. The van der Waals surface area contributed by atoms with Crippen molar-refractivity contribution in [3.05, 3.63) is 143 Å². The van der Waals surface area contributed by atoms with E-state index in [2.05, 4.69) is 64.9 Å². The quantitative estimate of drug-likeness (QED) is 0.0307. The van der Waals surface area contributed by atoms with Crippen molar-refractivity contribution >= 4 is 99.8 Å². The van der Waals surface area contributed by atoms with Crippen LogP contribution in [0, 0.1) is 17.8 Å². The molecular formula is C74H94N14O19. The molecule has 2 aliphatic heterocycles. The molecular weight excluding hydrogens is 1390 g/mol. The number of allylic oxidation sites excluding steroid dienone is 1. The number of fused-ring (bicyclic) bond motifs is 2. The molecule has 17 N–H and O–H groups in total. The van der Waals surface area contributed by atoms with E-state index in [1.807, 2.05) is 0 Å². The number of nitrogens with zero attached hydrogens (tertiary/aromatic N) is 13. The fourth-order valence-corrected chi connectivity index (χ4v) is 11.5. The van der Waals surface area contributed by atoms with Gasteiger partial charge in [-0.25, -0.2) is 54.9 Å². The van der Waals surface area contributed by atoms with E-state index in [1.54, 1.807) is 93.7 Å². The first-order valence-electron chi connectivity index (χ1n) is 34.5. The molecule has 0 saturated carbocycles. The fraction of sp³-hybridized carbons (Fsp3) is 0.432. The molecule has 1 amide bonds. The molecule has 1 unspecified atom stereocenters. The zero-order valence-corrected chi connectivity index (χ0v) is 60.4. The minimum absolute atomic E-state index is 0.0366. The monoisotopic (exact) mass is 1480 g/mol. The molecule has 574 valence electrons. The molecule has 0 radical (unpaired) electrons. The maximum atomic E-state index is 15.1. The number of carbonyl (C=O) groups is 2. The van der Waals surface area contributed by atoms with Crippen molar-refractivity contribution in [2.75, 3.05) is 20.2 Å². The summed E-state index contributed by atoms with van der Waals surface area (Å²) in [5.74, 6) is -16.4. The van der Waals surface area contributed by atoms with Gasteiger partial charge in [0.25, 0.3) is 5.91 Å². The lowest BCUT2D eigenvalue weighted by Crippen LogP contribution is -2.47. The third kappa shape index (κ3) is 22.3. The number of aliphatic imine (C=N–C) groups is 11. The lowest BCUT2D eigenvalue weighted by molar-refractivity contribution is -0.141. The second-order valence-corrected chi connectivity index (χ2v) is 26.3. The first-order chi connectivity index (χ1) is 50.8. The maximum absolute atomic E-state index is 15.1.